The summed E-state index contributed by atoms with van der Waals surface area (Å²) < 4.78 is 10.8. The second-order valence-electron chi connectivity index (χ2n) is 4.89. The first kappa shape index (κ1) is 12.5. The lowest BCUT2D eigenvalue weighted by atomic mass is 9.94. The highest BCUT2D eigenvalue weighted by molar-refractivity contribution is 6.09. The maximum absolute atomic E-state index is 11.1. The van der Waals surface area contributed by atoms with Gasteiger partial charge in [0.15, 0.2) is 0 Å². The molecule has 0 saturated heterocycles. The van der Waals surface area contributed by atoms with Crippen molar-refractivity contribution in [3.05, 3.63) is 46.9 Å². The summed E-state index contributed by atoms with van der Waals surface area (Å²) in [6, 6.07) is 6.62. The van der Waals surface area contributed by atoms with Crippen molar-refractivity contribution in [2.75, 3.05) is 0 Å². The normalized spacial score (nSPS) is 14.5. The number of aliphatic carboxylic acids is 2. The van der Waals surface area contributed by atoms with Crippen LogP contribution in [0.15, 0.2) is 35.8 Å². The zero-order chi connectivity index (χ0) is 15.4. The molecule has 6 nitrogen and oxygen atoms in total. The van der Waals surface area contributed by atoms with Gasteiger partial charge in [-0.1, -0.05) is 12.1 Å². The fourth-order valence-corrected chi connectivity index (χ4v) is 2.68. The Balaban J connectivity index is 2.04. The van der Waals surface area contributed by atoms with E-state index in [2.05, 4.69) is 0 Å². The summed E-state index contributed by atoms with van der Waals surface area (Å²) in [4.78, 5) is 22.2. The third kappa shape index (κ3) is 1.61. The van der Waals surface area contributed by atoms with Crippen LogP contribution in [0.5, 0.6) is 11.5 Å². The highest BCUT2D eigenvalue weighted by Gasteiger charge is 2.26. The molecule has 0 bridgehead atoms. The van der Waals surface area contributed by atoms with Crippen LogP contribution in [0, 0.1) is 0 Å². The van der Waals surface area contributed by atoms with Gasteiger partial charge in [0.05, 0.1) is 0 Å². The van der Waals surface area contributed by atoms with E-state index in [9.17, 15) is 9.59 Å². The molecule has 2 aliphatic rings. The van der Waals surface area contributed by atoms with Crippen molar-refractivity contribution in [1.82, 2.24) is 0 Å². The molecule has 2 N–H and O–H groups in total. The molecule has 2 heterocycles. The summed E-state index contributed by atoms with van der Waals surface area (Å²) >= 11 is 0. The lowest BCUT2D eigenvalue weighted by Gasteiger charge is -2.22. The van der Waals surface area contributed by atoms with Crippen molar-refractivity contribution in [3.8, 4) is 11.5 Å². The molecule has 4 rings (SSSR count). The molecule has 0 unspecified atom stereocenters. The van der Waals surface area contributed by atoms with Gasteiger partial charge in [-0.05, 0) is 35.4 Å². The minimum Gasteiger partial charge on any atom is -0.475 e. The smallest absolute Gasteiger partial charge is 0.371 e. The minimum absolute atomic E-state index is 0.158. The van der Waals surface area contributed by atoms with Gasteiger partial charge in [-0.3, -0.25) is 0 Å². The second-order valence-corrected chi connectivity index (χ2v) is 4.89. The number of hydrogen-bond donors (Lipinski definition) is 2. The van der Waals surface area contributed by atoms with Gasteiger partial charge < -0.3 is 19.7 Å². The van der Waals surface area contributed by atoms with Crippen molar-refractivity contribution >= 4 is 34.9 Å². The first-order chi connectivity index (χ1) is 10.5. The summed E-state index contributed by atoms with van der Waals surface area (Å²) in [5, 5.41) is 19.6. The van der Waals surface area contributed by atoms with Gasteiger partial charge in [0.2, 0.25) is 11.5 Å². The molecule has 2 aromatic carbocycles. The van der Waals surface area contributed by atoms with Gasteiger partial charge in [-0.15, -0.1) is 0 Å². The van der Waals surface area contributed by atoms with Crippen molar-refractivity contribution in [2.24, 2.45) is 0 Å². The Bertz CT molecular complexity index is 859. The van der Waals surface area contributed by atoms with Crippen molar-refractivity contribution in [1.29, 1.82) is 0 Å². The Morgan fingerprint density at radius 3 is 1.50 bits per heavy atom. The van der Waals surface area contributed by atoms with Gasteiger partial charge in [-0.2, -0.15) is 0 Å². The van der Waals surface area contributed by atoms with Crippen molar-refractivity contribution in [3.63, 3.8) is 0 Å². The number of ether oxygens (including phenoxy) is 2. The van der Waals surface area contributed by atoms with Crippen LogP contribution >= 0.6 is 0 Å². The zero-order valence-electron chi connectivity index (χ0n) is 11.0. The summed E-state index contributed by atoms with van der Waals surface area (Å²) in [7, 11) is 0. The topological polar surface area (TPSA) is 93.1 Å². The van der Waals surface area contributed by atoms with Crippen LogP contribution in [0.1, 0.15) is 11.1 Å². The fraction of sp³-hybridized carbons (Fsp3) is 0. The first-order valence-corrected chi connectivity index (χ1v) is 6.40. The van der Waals surface area contributed by atoms with Crippen molar-refractivity contribution in [2.45, 2.75) is 0 Å². The molecule has 22 heavy (non-hydrogen) atoms. The van der Waals surface area contributed by atoms with Crippen LogP contribution in [0.3, 0.4) is 0 Å². The van der Waals surface area contributed by atoms with Crippen LogP contribution < -0.4 is 9.47 Å². The molecule has 0 fully saturated rings. The van der Waals surface area contributed by atoms with Crippen LogP contribution in [0.2, 0.25) is 0 Å². The average Bonchev–Trinajstić information content (AvgIpc) is 2.51. The lowest BCUT2D eigenvalue weighted by molar-refractivity contribution is -0.135. The SMILES string of the molecule is O=C(O)C1=Cc2ccc3c4c(ccc(c24)O1)OC(C(=O)O)=C3. The molecule has 0 aliphatic carbocycles. The Kier molecular flexibility index (Phi) is 2.33. The fourth-order valence-electron chi connectivity index (χ4n) is 2.68. The Hall–Kier alpha value is -3.28. The van der Waals surface area contributed by atoms with E-state index in [-0.39, 0.29) is 11.5 Å². The van der Waals surface area contributed by atoms with Crippen LogP contribution in [0.25, 0.3) is 22.9 Å². The zero-order valence-corrected chi connectivity index (χ0v) is 11.0. The number of hydrogen-bond acceptors (Lipinski definition) is 4. The van der Waals surface area contributed by atoms with E-state index in [4.69, 9.17) is 19.7 Å². The van der Waals surface area contributed by atoms with Gasteiger partial charge in [-0.25, -0.2) is 9.59 Å². The molecule has 108 valence electrons. The molecule has 0 atom stereocenters. The standard InChI is InChI=1S/C16H8O6/c17-15(18)11-5-7-1-2-8-6-12(16(19)20)22-10-4-3-9(21-11)13(7)14(8)10/h1-6H,(H,17,18)(H,19,20). The van der Waals surface area contributed by atoms with E-state index in [1.165, 1.54) is 12.2 Å². The Morgan fingerprint density at radius 1 is 0.727 bits per heavy atom. The summed E-state index contributed by atoms with van der Waals surface area (Å²) in [6.07, 6.45) is 2.88. The highest BCUT2D eigenvalue weighted by atomic mass is 16.5. The molecule has 0 saturated carbocycles. The molecule has 2 aliphatic heterocycles. The van der Waals surface area contributed by atoms with E-state index in [0.29, 0.717) is 33.4 Å². The Morgan fingerprint density at radius 2 is 1.14 bits per heavy atom. The molecule has 0 aromatic heterocycles. The molecule has 0 amide bonds. The van der Waals surface area contributed by atoms with E-state index in [1.807, 2.05) is 0 Å². The number of rotatable bonds is 2. The maximum atomic E-state index is 11.1. The van der Waals surface area contributed by atoms with E-state index >= 15 is 0 Å². The van der Waals surface area contributed by atoms with Crippen LogP contribution in [-0.4, -0.2) is 22.2 Å². The van der Waals surface area contributed by atoms with Gasteiger partial charge in [0, 0.05) is 10.8 Å². The predicted molar refractivity (Wildman–Crippen MR) is 76.4 cm³/mol. The van der Waals surface area contributed by atoms with E-state index in [1.54, 1.807) is 24.3 Å². The predicted octanol–water partition coefficient (Wildman–Crippen LogP) is 2.48. The van der Waals surface area contributed by atoms with Gasteiger partial charge in [0.1, 0.15) is 11.5 Å². The number of carboxylic acid groups (broad SMARTS) is 2. The molecule has 2 aromatic rings. The summed E-state index contributed by atoms with van der Waals surface area (Å²) in [5.74, 6) is -1.80. The summed E-state index contributed by atoms with van der Waals surface area (Å²) in [6.45, 7) is 0. The second kappa shape index (κ2) is 4.11. The third-order valence-electron chi connectivity index (χ3n) is 3.58. The van der Waals surface area contributed by atoms with Crippen LogP contribution in [-0.2, 0) is 9.59 Å². The van der Waals surface area contributed by atoms with E-state index in [0.717, 1.165) is 0 Å². The molecule has 6 heteroatoms. The molecular weight excluding hydrogens is 288 g/mol. The van der Waals surface area contributed by atoms with Crippen molar-refractivity contribution < 1.29 is 29.3 Å². The first-order valence-electron chi connectivity index (χ1n) is 6.40. The van der Waals surface area contributed by atoms with Crippen LogP contribution in [0.4, 0.5) is 0 Å². The average molecular weight is 296 g/mol. The molecule has 0 radical (unpaired) electrons. The van der Waals surface area contributed by atoms with E-state index < -0.39 is 11.9 Å². The summed E-state index contributed by atoms with van der Waals surface area (Å²) in [5.41, 5.74) is 1.38. The quantitative estimate of drug-likeness (QED) is 0.884. The van der Waals surface area contributed by atoms with Gasteiger partial charge in [0.25, 0.3) is 0 Å². The maximum Gasteiger partial charge on any atom is 0.371 e. The molecule has 0 spiro atoms. The number of carboxylic acids is 2. The Labute approximate surface area is 123 Å². The van der Waals surface area contributed by atoms with Gasteiger partial charge >= 0.3 is 11.9 Å². The number of carbonyl (C=O) groups is 2. The lowest BCUT2D eigenvalue weighted by Crippen LogP contribution is -2.13. The highest BCUT2D eigenvalue weighted by Crippen LogP contribution is 2.44. The number of benzene rings is 2. The third-order valence-corrected chi connectivity index (χ3v) is 3.58. The minimum atomic E-state index is -1.15. The largest absolute Gasteiger partial charge is 0.475 e. The monoisotopic (exact) mass is 296 g/mol. The molecular formula is C16H8O6.